The van der Waals surface area contributed by atoms with Crippen molar-refractivity contribution in [3.8, 4) is 0 Å². The number of rotatable bonds is 6. The number of benzene rings is 1. The standard InChI is InChI=1S/C16H24N2O2S/c1-11(2)17-15(19)9-18(5)16(20)10-21-14-7-6-12(3)8-13(14)4/h6-8,11H,9-10H2,1-5H3,(H,17,19). The van der Waals surface area contributed by atoms with Crippen molar-refractivity contribution in [3.05, 3.63) is 29.3 Å². The quantitative estimate of drug-likeness (QED) is 0.821. The summed E-state index contributed by atoms with van der Waals surface area (Å²) in [7, 11) is 1.66. The van der Waals surface area contributed by atoms with Gasteiger partial charge in [0.2, 0.25) is 11.8 Å². The highest BCUT2D eigenvalue weighted by Gasteiger charge is 2.14. The van der Waals surface area contributed by atoms with Crippen LogP contribution in [0.3, 0.4) is 0 Å². The molecule has 116 valence electrons. The van der Waals surface area contributed by atoms with Crippen molar-refractivity contribution in [2.45, 2.75) is 38.6 Å². The highest BCUT2D eigenvalue weighted by atomic mass is 32.2. The Morgan fingerprint density at radius 2 is 1.95 bits per heavy atom. The highest BCUT2D eigenvalue weighted by molar-refractivity contribution is 8.00. The van der Waals surface area contributed by atoms with Gasteiger partial charge in [0.1, 0.15) is 0 Å². The van der Waals surface area contributed by atoms with Crippen molar-refractivity contribution in [1.29, 1.82) is 0 Å². The molecule has 0 unspecified atom stereocenters. The van der Waals surface area contributed by atoms with Crippen molar-refractivity contribution in [1.82, 2.24) is 10.2 Å². The topological polar surface area (TPSA) is 49.4 Å². The molecule has 0 aliphatic rings. The second-order valence-electron chi connectivity index (χ2n) is 5.53. The van der Waals surface area contributed by atoms with Crippen LogP contribution in [0.4, 0.5) is 0 Å². The van der Waals surface area contributed by atoms with Gasteiger partial charge in [0.05, 0.1) is 12.3 Å². The van der Waals surface area contributed by atoms with Gasteiger partial charge in [-0.25, -0.2) is 0 Å². The zero-order valence-corrected chi connectivity index (χ0v) is 14.2. The van der Waals surface area contributed by atoms with E-state index < -0.39 is 0 Å². The molecule has 0 fully saturated rings. The molecule has 0 atom stereocenters. The number of nitrogens with zero attached hydrogens (tertiary/aromatic N) is 1. The molecule has 5 heteroatoms. The molecule has 1 aromatic rings. The molecule has 0 radical (unpaired) electrons. The van der Waals surface area contributed by atoms with Crippen LogP contribution in [0, 0.1) is 13.8 Å². The molecule has 0 saturated carbocycles. The Morgan fingerprint density at radius 1 is 1.29 bits per heavy atom. The van der Waals surface area contributed by atoms with Crippen LogP contribution in [0.5, 0.6) is 0 Å². The highest BCUT2D eigenvalue weighted by Crippen LogP contribution is 2.23. The van der Waals surface area contributed by atoms with Crippen LogP contribution in [0.1, 0.15) is 25.0 Å². The van der Waals surface area contributed by atoms with E-state index in [0.29, 0.717) is 5.75 Å². The molecule has 0 bridgehead atoms. The number of carbonyl (C=O) groups excluding carboxylic acids is 2. The van der Waals surface area contributed by atoms with Gasteiger partial charge in [0.15, 0.2) is 0 Å². The van der Waals surface area contributed by atoms with Gasteiger partial charge < -0.3 is 10.2 Å². The van der Waals surface area contributed by atoms with Crippen LogP contribution in [-0.4, -0.2) is 42.1 Å². The molecule has 0 spiro atoms. The number of nitrogens with one attached hydrogen (secondary N) is 1. The SMILES string of the molecule is Cc1ccc(SCC(=O)N(C)CC(=O)NC(C)C)c(C)c1. The van der Waals surface area contributed by atoms with E-state index in [-0.39, 0.29) is 24.4 Å². The van der Waals surface area contributed by atoms with E-state index in [9.17, 15) is 9.59 Å². The first kappa shape index (κ1) is 17.6. The molecule has 0 heterocycles. The van der Waals surface area contributed by atoms with Crippen LogP contribution < -0.4 is 5.32 Å². The summed E-state index contributed by atoms with van der Waals surface area (Å²) in [5.74, 6) is 0.172. The van der Waals surface area contributed by atoms with E-state index >= 15 is 0 Å². The van der Waals surface area contributed by atoms with Crippen molar-refractivity contribution in [3.63, 3.8) is 0 Å². The van der Waals surface area contributed by atoms with Gasteiger partial charge in [0.25, 0.3) is 0 Å². The third kappa shape index (κ3) is 6.21. The minimum Gasteiger partial charge on any atom is -0.352 e. The van der Waals surface area contributed by atoms with Gasteiger partial charge in [-0.15, -0.1) is 11.8 Å². The van der Waals surface area contributed by atoms with Crippen LogP contribution in [0.15, 0.2) is 23.1 Å². The molecular formula is C16H24N2O2S. The molecule has 4 nitrogen and oxygen atoms in total. The zero-order chi connectivity index (χ0) is 16.0. The largest absolute Gasteiger partial charge is 0.352 e. The molecule has 0 saturated heterocycles. The van der Waals surface area contributed by atoms with Crippen LogP contribution in [-0.2, 0) is 9.59 Å². The van der Waals surface area contributed by atoms with E-state index in [2.05, 4.69) is 11.4 Å². The predicted octanol–water partition coefficient (Wildman–Crippen LogP) is 2.38. The molecular weight excluding hydrogens is 284 g/mol. The average Bonchev–Trinajstić information content (AvgIpc) is 2.36. The maximum Gasteiger partial charge on any atom is 0.239 e. The summed E-state index contributed by atoms with van der Waals surface area (Å²) < 4.78 is 0. The molecule has 1 N–H and O–H groups in total. The Kier molecular flexibility index (Phi) is 6.75. The number of thioether (sulfide) groups is 1. The van der Waals surface area contributed by atoms with Crippen molar-refractivity contribution < 1.29 is 9.59 Å². The number of hydrogen-bond acceptors (Lipinski definition) is 3. The Hall–Kier alpha value is -1.49. The third-order valence-corrected chi connectivity index (χ3v) is 4.10. The summed E-state index contributed by atoms with van der Waals surface area (Å²) in [6.45, 7) is 7.99. The van der Waals surface area contributed by atoms with Gasteiger partial charge in [-0.05, 0) is 39.3 Å². The van der Waals surface area contributed by atoms with Gasteiger partial charge in [-0.1, -0.05) is 17.7 Å². The van der Waals surface area contributed by atoms with Crippen molar-refractivity contribution >= 4 is 23.6 Å². The zero-order valence-electron chi connectivity index (χ0n) is 13.4. The molecule has 0 aliphatic heterocycles. The predicted molar refractivity (Wildman–Crippen MR) is 87.6 cm³/mol. The Balaban J connectivity index is 2.47. The van der Waals surface area contributed by atoms with E-state index in [1.165, 1.54) is 27.8 Å². The third-order valence-electron chi connectivity index (χ3n) is 2.94. The molecule has 21 heavy (non-hydrogen) atoms. The van der Waals surface area contributed by atoms with E-state index in [0.717, 1.165) is 4.90 Å². The van der Waals surface area contributed by atoms with Gasteiger partial charge in [0, 0.05) is 18.0 Å². The number of hydrogen-bond donors (Lipinski definition) is 1. The van der Waals surface area contributed by atoms with E-state index in [1.807, 2.05) is 39.8 Å². The molecule has 1 rings (SSSR count). The fourth-order valence-corrected chi connectivity index (χ4v) is 2.83. The van der Waals surface area contributed by atoms with Crippen molar-refractivity contribution in [2.24, 2.45) is 0 Å². The minimum absolute atomic E-state index is 0.0427. The average molecular weight is 308 g/mol. The fourth-order valence-electron chi connectivity index (χ4n) is 1.88. The van der Waals surface area contributed by atoms with Crippen molar-refractivity contribution in [2.75, 3.05) is 19.3 Å². The summed E-state index contributed by atoms with van der Waals surface area (Å²) in [6.07, 6.45) is 0. The van der Waals surface area contributed by atoms with Crippen LogP contribution >= 0.6 is 11.8 Å². The summed E-state index contributed by atoms with van der Waals surface area (Å²) in [5.41, 5.74) is 2.39. The lowest BCUT2D eigenvalue weighted by atomic mass is 10.2. The van der Waals surface area contributed by atoms with Gasteiger partial charge in [-0.2, -0.15) is 0 Å². The fraction of sp³-hybridized carbons (Fsp3) is 0.500. The van der Waals surface area contributed by atoms with E-state index in [4.69, 9.17) is 0 Å². The second kappa shape index (κ2) is 8.08. The lowest BCUT2D eigenvalue weighted by Gasteiger charge is -2.18. The molecule has 2 amide bonds. The van der Waals surface area contributed by atoms with Gasteiger partial charge >= 0.3 is 0 Å². The van der Waals surface area contributed by atoms with Crippen LogP contribution in [0.2, 0.25) is 0 Å². The smallest absolute Gasteiger partial charge is 0.239 e. The summed E-state index contributed by atoms with van der Waals surface area (Å²) in [6, 6.07) is 6.27. The van der Waals surface area contributed by atoms with Crippen LogP contribution in [0.25, 0.3) is 0 Å². The van der Waals surface area contributed by atoms with E-state index in [1.54, 1.807) is 7.05 Å². The Labute approximate surface area is 131 Å². The monoisotopic (exact) mass is 308 g/mol. The molecule has 1 aromatic carbocycles. The first-order valence-corrected chi connectivity index (χ1v) is 8.01. The van der Waals surface area contributed by atoms with Gasteiger partial charge in [-0.3, -0.25) is 9.59 Å². The minimum atomic E-state index is -0.127. The normalized spacial score (nSPS) is 10.6. The first-order valence-electron chi connectivity index (χ1n) is 7.03. The lowest BCUT2D eigenvalue weighted by molar-refractivity contribution is -0.132. The first-order chi connectivity index (χ1) is 9.79. The molecule has 0 aromatic heterocycles. The number of amides is 2. The Bertz CT molecular complexity index is 515. The maximum absolute atomic E-state index is 12.0. The number of likely N-dealkylation sites (N-methyl/N-ethyl adjacent to an activating group) is 1. The Morgan fingerprint density at radius 3 is 2.52 bits per heavy atom. The maximum atomic E-state index is 12.0. The lowest BCUT2D eigenvalue weighted by Crippen LogP contribution is -2.41. The summed E-state index contributed by atoms with van der Waals surface area (Å²) in [5, 5.41) is 2.78. The molecule has 0 aliphatic carbocycles. The number of aryl methyl sites for hydroxylation is 2. The summed E-state index contributed by atoms with van der Waals surface area (Å²) in [4.78, 5) is 26.2. The second-order valence-corrected chi connectivity index (χ2v) is 6.55. The number of carbonyl (C=O) groups is 2. The summed E-state index contributed by atoms with van der Waals surface area (Å²) >= 11 is 1.51.